The van der Waals surface area contributed by atoms with Gasteiger partial charge >= 0.3 is 0 Å². The maximum absolute atomic E-state index is 6.12. The summed E-state index contributed by atoms with van der Waals surface area (Å²) in [4.78, 5) is 3.99. The van der Waals surface area contributed by atoms with Crippen LogP contribution in [0.2, 0.25) is 0 Å². The summed E-state index contributed by atoms with van der Waals surface area (Å²) in [7, 11) is 0. The monoisotopic (exact) mass is 229 g/mol. The first-order valence-corrected chi connectivity index (χ1v) is 5.94. The van der Waals surface area contributed by atoms with Crippen LogP contribution in [0.4, 0.5) is 0 Å². The summed E-state index contributed by atoms with van der Waals surface area (Å²) < 4.78 is 2.09. The highest BCUT2D eigenvalue weighted by Crippen LogP contribution is 2.07. The van der Waals surface area contributed by atoms with Gasteiger partial charge in [0.1, 0.15) is 0 Å². The van der Waals surface area contributed by atoms with Crippen molar-refractivity contribution >= 4 is 11.6 Å². The maximum atomic E-state index is 6.12. The van der Waals surface area contributed by atoms with Crippen LogP contribution in [0.15, 0.2) is 18.7 Å². The summed E-state index contributed by atoms with van der Waals surface area (Å²) in [6.45, 7) is 7.20. The smallest absolute Gasteiger partial charge is 0.0945 e. The highest BCUT2D eigenvalue weighted by molar-refractivity contribution is 6.20. The molecule has 1 atom stereocenters. The molecule has 0 saturated carbocycles. The highest BCUT2D eigenvalue weighted by Gasteiger charge is 2.07. The molecule has 1 aromatic heterocycles. The first kappa shape index (κ1) is 12.5. The lowest BCUT2D eigenvalue weighted by Crippen LogP contribution is -2.27. The number of aromatic nitrogens is 2. The molecule has 3 nitrogen and oxygen atoms in total. The summed E-state index contributed by atoms with van der Waals surface area (Å²) in [6, 6.07) is 0. The van der Waals surface area contributed by atoms with E-state index in [1.54, 1.807) is 6.20 Å². The maximum Gasteiger partial charge on any atom is 0.0945 e. The zero-order valence-corrected chi connectivity index (χ0v) is 10.2. The fourth-order valence-corrected chi connectivity index (χ4v) is 1.39. The lowest BCUT2D eigenvalue weighted by atomic mass is 10.1. The minimum Gasteiger partial charge on any atom is -0.337 e. The lowest BCUT2D eigenvalue weighted by Gasteiger charge is -2.13. The van der Waals surface area contributed by atoms with E-state index in [2.05, 4.69) is 28.7 Å². The Morgan fingerprint density at radius 2 is 2.27 bits per heavy atom. The lowest BCUT2D eigenvalue weighted by molar-refractivity contribution is 0.523. The Morgan fingerprint density at radius 3 is 2.87 bits per heavy atom. The molecule has 1 aromatic rings. The van der Waals surface area contributed by atoms with E-state index in [1.165, 1.54) is 0 Å². The van der Waals surface area contributed by atoms with Crippen molar-refractivity contribution in [3.05, 3.63) is 18.7 Å². The van der Waals surface area contributed by atoms with Gasteiger partial charge in [-0.15, -0.1) is 11.6 Å². The Balaban J connectivity index is 1.98. The molecule has 0 radical (unpaired) electrons. The van der Waals surface area contributed by atoms with E-state index in [9.17, 15) is 0 Å². The third kappa shape index (κ3) is 5.19. The van der Waals surface area contributed by atoms with Crippen LogP contribution in [0.1, 0.15) is 20.3 Å². The van der Waals surface area contributed by atoms with Crippen LogP contribution in [0.25, 0.3) is 0 Å². The van der Waals surface area contributed by atoms with E-state index in [0.29, 0.717) is 5.92 Å². The topological polar surface area (TPSA) is 29.9 Å². The molecule has 1 N–H and O–H groups in total. The number of halogens is 1. The highest BCUT2D eigenvalue weighted by atomic mass is 35.5. The summed E-state index contributed by atoms with van der Waals surface area (Å²) in [5, 5.41) is 3.60. The number of nitrogens with zero attached hydrogens (tertiary/aromatic N) is 2. The van der Waals surface area contributed by atoms with Crippen LogP contribution in [-0.4, -0.2) is 28.0 Å². The van der Waals surface area contributed by atoms with Crippen molar-refractivity contribution in [3.8, 4) is 0 Å². The number of hydrogen-bond donors (Lipinski definition) is 1. The molecule has 0 aliphatic rings. The average Bonchev–Trinajstić information content (AvgIpc) is 2.69. The van der Waals surface area contributed by atoms with Crippen molar-refractivity contribution in [3.63, 3.8) is 0 Å². The Bertz CT molecular complexity index is 246. The molecule has 0 fully saturated rings. The first-order valence-electron chi connectivity index (χ1n) is 5.50. The zero-order valence-electron chi connectivity index (χ0n) is 9.49. The summed E-state index contributed by atoms with van der Waals surface area (Å²) in [5.41, 5.74) is 0. The molecular weight excluding hydrogens is 210 g/mol. The van der Waals surface area contributed by atoms with Crippen LogP contribution < -0.4 is 5.32 Å². The van der Waals surface area contributed by atoms with Crippen molar-refractivity contribution in [1.82, 2.24) is 14.9 Å². The third-order valence-electron chi connectivity index (χ3n) is 2.39. The number of hydrogen-bond acceptors (Lipinski definition) is 2. The van der Waals surface area contributed by atoms with Gasteiger partial charge in [0.25, 0.3) is 0 Å². The zero-order chi connectivity index (χ0) is 11.1. The second kappa shape index (κ2) is 6.85. The van der Waals surface area contributed by atoms with Crippen molar-refractivity contribution < 1.29 is 0 Å². The van der Waals surface area contributed by atoms with E-state index in [-0.39, 0.29) is 5.38 Å². The summed E-state index contributed by atoms with van der Waals surface area (Å²) >= 11 is 6.12. The fraction of sp³-hybridized carbons (Fsp3) is 0.727. The number of imidazole rings is 1. The minimum atomic E-state index is 0.234. The van der Waals surface area contributed by atoms with Gasteiger partial charge < -0.3 is 9.88 Å². The second-order valence-corrected chi connectivity index (χ2v) is 4.68. The SMILES string of the molecule is CC(C)C(Cl)CNCCCn1ccnc1. The molecule has 1 rings (SSSR count). The van der Waals surface area contributed by atoms with E-state index < -0.39 is 0 Å². The molecule has 15 heavy (non-hydrogen) atoms. The molecule has 0 amide bonds. The van der Waals surface area contributed by atoms with E-state index in [4.69, 9.17) is 11.6 Å². The molecule has 1 heterocycles. The summed E-state index contributed by atoms with van der Waals surface area (Å²) in [6.07, 6.45) is 6.75. The Morgan fingerprint density at radius 1 is 1.47 bits per heavy atom. The van der Waals surface area contributed by atoms with Crippen LogP contribution in [0.5, 0.6) is 0 Å². The number of nitrogens with one attached hydrogen (secondary N) is 1. The van der Waals surface area contributed by atoms with Gasteiger partial charge in [-0.1, -0.05) is 13.8 Å². The van der Waals surface area contributed by atoms with Gasteiger partial charge in [-0.05, 0) is 18.9 Å². The van der Waals surface area contributed by atoms with Gasteiger partial charge in [0.15, 0.2) is 0 Å². The predicted molar refractivity (Wildman–Crippen MR) is 64.2 cm³/mol. The predicted octanol–water partition coefficient (Wildman–Crippen LogP) is 2.13. The van der Waals surface area contributed by atoms with Crippen molar-refractivity contribution in [2.24, 2.45) is 5.92 Å². The molecule has 0 saturated heterocycles. The van der Waals surface area contributed by atoms with Crippen LogP contribution in [0.3, 0.4) is 0 Å². The quantitative estimate of drug-likeness (QED) is 0.574. The largest absolute Gasteiger partial charge is 0.337 e. The third-order valence-corrected chi connectivity index (χ3v) is 3.05. The minimum absolute atomic E-state index is 0.234. The van der Waals surface area contributed by atoms with Gasteiger partial charge in [-0.3, -0.25) is 0 Å². The molecule has 0 aliphatic carbocycles. The van der Waals surface area contributed by atoms with Crippen LogP contribution in [-0.2, 0) is 6.54 Å². The van der Waals surface area contributed by atoms with Gasteiger partial charge in [0.2, 0.25) is 0 Å². The van der Waals surface area contributed by atoms with Crippen molar-refractivity contribution in [2.75, 3.05) is 13.1 Å². The van der Waals surface area contributed by atoms with E-state index in [0.717, 1.165) is 26.1 Å². The van der Waals surface area contributed by atoms with Gasteiger partial charge in [-0.2, -0.15) is 0 Å². The molecule has 0 aliphatic heterocycles. The molecule has 1 unspecified atom stereocenters. The summed E-state index contributed by atoms with van der Waals surface area (Å²) in [5.74, 6) is 0.535. The Labute approximate surface area is 96.8 Å². The van der Waals surface area contributed by atoms with Gasteiger partial charge in [-0.25, -0.2) is 4.98 Å². The average molecular weight is 230 g/mol. The molecule has 0 bridgehead atoms. The van der Waals surface area contributed by atoms with Crippen molar-refractivity contribution in [1.29, 1.82) is 0 Å². The number of rotatable bonds is 7. The molecule has 0 aromatic carbocycles. The number of aryl methyl sites for hydroxylation is 1. The normalized spacial score (nSPS) is 13.3. The molecule has 86 valence electrons. The second-order valence-electron chi connectivity index (χ2n) is 4.12. The van der Waals surface area contributed by atoms with Crippen molar-refractivity contribution in [2.45, 2.75) is 32.2 Å². The van der Waals surface area contributed by atoms with Gasteiger partial charge in [0.05, 0.1) is 6.33 Å². The molecular formula is C11H20ClN3. The first-order chi connectivity index (χ1) is 7.20. The Hall–Kier alpha value is -0.540. The molecule has 4 heteroatoms. The standard InChI is InChI=1S/C11H20ClN3/c1-10(2)11(12)8-13-4-3-6-15-7-5-14-9-15/h5,7,9-11,13H,3-4,6,8H2,1-2H3. The van der Waals surface area contributed by atoms with Gasteiger partial charge in [0, 0.05) is 30.9 Å². The number of alkyl halides is 1. The molecule has 0 spiro atoms. The van der Waals surface area contributed by atoms with E-state index in [1.807, 2.05) is 12.5 Å². The van der Waals surface area contributed by atoms with Crippen LogP contribution in [0, 0.1) is 5.92 Å². The van der Waals surface area contributed by atoms with E-state index >= 15 is 0 Å². The fourth-order valence-electron chi connectivity index (χ4n) is 1.28. The van der Waals surface area contributed by atoms with Crippen LogP contribution >= 0.6 is 11.6 Å². The Kier molecular flexibility index (Phi) is 5.73.